The molecule has 0 saturated carbocycles. The lowest BCUT2D eigenvalue weighted by atomic mass is 9.77. The zero-order valence-electron chi connectivity index (χ0n) is 27.7. The number of ether oxygens (including phenoxy) is 1. The molecule has 10 heteroatoms. The fourth-order valence-electron chi connectivity index (χ4n) is 7.88. The molecular weight excluding hydrogens is 554 g/mol. The van der Waals surface area contributed by atoms with Crippen LogP contribution in [0.2, 0.25) is 0 Å². The molecule has 0 bridgehead atoms. The third kappa shape index (κ3) is 5.49. The van der Waals surface area contributed by atoms with Gasteiger partial charge in [-0.1, -0.05) is 0 Å². The smallest absolute Gasteiger partial charge is 0.330 e. The van der Waals surface area contributed by atoms with Crippen LogP contribution in [-0.4, -0.2) is 110 Å². The second-order valence-corrected chi connectivity index (χ2v) is 13.6. The highest BCUT2D eigenvalue weighted by Gasteiger charge is 2.48. The van der Waals surface area contributed by atoms with E-state index in [4.69, 9.17) is 14.7 Å². The van der Waals surface area contributed by atoms with Gasteiger partial charge in [0.15, 0.2) is 5.54 Å². The number of carboxylic acids is 1. The molecule has 3 saturated heterocycles. The maximum absolute atomic E-state index is 13.4. The number of carboxylic acid groups (broad SMARTS) is 1. The Hall–Kier alpha value is -3.11. The molecule has 1 aromatic carbocycles. The average molecular weight is 606 g/mol. The Morgan fingerprint density at radius 2 is 1.45 bits per heavy atom. The second kappa shape index (κ2) is 12.4. The van der Waals surface area contributed by atoms with Crippen molar-refractivity contribution in [2.45, 2.75) is 77.9 Å². The van der Waals surface area contributed by atoms with Gasteiger partial charge in [0.05, 0.1) is 6.10 Å². The van der Waals surface area contributed by atoms with Crippen LogP contribution in [0.25, 0.3) is 0 Å². The molecule has 44 heavy (non-hydrogen) atoms. The predicted molar refractivity (Wildman–Crippen MR) is 176 cm³/mol. The minimum absolute atomic E-state index is 0.174. The number of benzene rings is 1. The van der Waals surface area contributed by atoms with Crippen LogP contribution in [0.3, 0.4) is 0 Å². The summed E-state index contributed by atoms with van der Waals surface area (Å²) in [5.74, 6) is 3.05. The third-order valence-corrected chi connectivity index (χ3v) is 10.7. The van der Waals surface area contributed by atoms with Crippen molar-refractivity contribution in [3.63, 3.8) is 0 Å². The van der Waals surface area contributed by atoms with Crippen molar-refractivity contribution in [3.05, 3.63) is 33.9 Å². The van der Waals surface area contributed by atoms with Crippen molar-refractivity contribution in [1.29, 1.82) is 0 Å². The molecular formula is C34H51N7O3. The summed E-state index contributed by atoms with van der Waals surface area (Å²) < 4.78 is 6.30. The van der Waals surface area contributed by atoms with Gasteiger partial charge in [0.2, 0.25) is 5.95 Å². The summed E-state index contributed by atoms with van der Waals surface area (Å²) in [5, 5.41) is 11.0. The summed E-state index contributed by atoms with van der Waals surface area (Å²) in [4.78, 5) is 34.9. The summed E-state index contributed by atoms with van der Waals surface area (Å²) in [6.07, 6.45) is 6.84. The topological polar surface area (TPSA) is 88.5 Å². The van der Waals surface area contributed by atoms with Crippen LogP contribution in [0.4, 0.5) is 17.6 Å². The number of fused-ring (bicyclic) bond motifs is 1. The van der Waals surface area contributed by atoms with Crippen LogP contribution in [0.5, 0.6) is 5.75 Å². The molecule has 0 spiro atoms. The highest BCUT2D eigenvalue weighted by atomic mass is 16.5. The summed E-state index contributed by atoms with van der Waals surface area (Å²) in [7, 11) is 3.83. The van der Waals surface area contributed by atoms with Crippen LogP contribution < -0.4 is 19.4 Å². The van der Waals surface area contributed by atoms with Gasteiger partial charge >= 0.3 is 5.97 Å². The van der Waals surface area contributed by atoms with E-state index in [1.165, 1.54) is 31.2 Å². The molecule has 6 rings (SSSR count). The molecule has 2 aromatic rings. The normalized spacial score (nSPS) is 22.3. The van der Waals surface area contributed by atoms with Gasteiger partial charge in [0.1, 0.15) is 17.4 Å². The lowest BCUT2D eigenvalue weighted by Gasteiger charge is -2.45. The average Bonchev–Trinajstić information content (AvgIpc) is 3.75. The highest BCUT2D eigenvalue weighted by molar-refractivity contribution is 5.83. The first-order valence-corrected chi connectivity index (χ1v) is 16.7. The fraction of sp³-hybridized carbons (Fsp3) is 0.676. The second-order valence-electron chi connectivity index (χ2n) is 13.6. The van der Waals surface area contributed by atoms with Crippen molar-refractivity contribution in [2.24, 2.45) is 0 Å². The molecule has 1 aromatic heterocycles. The maximum Gasteiger partial charge on any atom is 0.330 e. The van der Waals surface area contributed by atoms with Gasteiger partial charge in [0, 0.05) is 65.0 Å². The van der Waals surface area contributed by atoms with Gasteiger partial charge in [0.25, 0.3) is 0 Å². The van der Waals surface area contributed by atoms with E-state index in [2.05, 4.69) is 53.4 Å². The van der Waals surface area contributed by atoms with Crippen LogP contribution in [-0.2, 0) is 16.8 Å². The molecule has 1 N–H and O–H groups in total. The minimum Gasteiger partial charge on any atom is -0.490 e. The van der Waals surface area contributed by atoms with E-state index in [0.29, 0.717) is 6.54 Å². The van der Waals surface area contributed by atoms with E-state index >= 15 is 0 Å². The number of rotatable bonds is 8. The zero-order chi connectivity index (χ0) is 31.2. The molecule has 5 heterocycles. The first-order chi connectivity index (χ1) is 21.1. The zero-order valence-corrected chi connectivity index (χ0v) is 27.7. The maximum atomic E-state index is 13.4. The molecule has 240 valence electrons. The number of nitrogens with zero attached hydrogens (tertiary/aromatic N) is 7. The molecule has 4 aliphatic heterocycles. The third-order valence-electron chi connectivity index (χ3n) is 10.7. The summed E-state index contributed by atoms with van der Waals surface area (Å²) >= 11 is 0. The standard InChI is InChI=1S/C34H51N7O3/c1-23-11-12-27-26(4)30(24(2)25(3)31(27)44-23)34(32(42)43,37(5)6)22-38-17-19-40(20-18-38)29-21-28(39-13-7-8-14-39)35-33(36-29)41-15-9-10-16-41/h21,23H,7-20,22H2,1-6H3,(H,42,43). The van der Waals surface area contributed by atoms with Gasteiger partial charge in [-0.3, -0.25) is 9.80 Å². The summed E-state index contributed by atoms with van der Waals surface area (Å²) in [6.45, 7) is 16.1. The number of aromatic nitrogens is 2. The summed E-state index contributed by atoms with van der Waals surface area (Å²) in [5.41, 5.74) is 4.07. The van der Waals surface area contributed by atoms with Crippen molar-refractivity contribution >= 4 is 23.6 Å². The van der Waals surface area contributed by atoms with Gasteiger partial charge in [-0.05, 0) is 108 Å². The monoisotopic (exact) mass is 605 g/mol. The van der Waals surface area contributed by atoms with E-state index in [0.717, 1.165) is 111 Å². The Kier molecular flexibility index (Phi) is 8.67. The fourth-order valence-corrected chi connectivity index (χ4v) is 7.88. The molecule has 0 radical (unpaired) electrons. The predicted octanol–water partition coefficient (Wildman–Crippen LogP) is 3.98. The minimum atomic E-state index is -1.18. The van der Waals surface area contributed by atoms with Gasteiger partial charge in [-0.25, -0.2) is 4.79 Å². The van der Waals surface area contributed by atoms with Crippen molar-refractivity contribution in [3.8, 4) is 5.75 Å². The number of piperazine rings is 1. The lowest BCUT2D eigenvalue weighted by molar-refractivity contribution is -0.152. The molecule has 2 atom stereocenters. The van der Waals surface area contributed by atoms with Crippen molar-refractivity contribution < 1.29 is 14.6 Å². The number of aliphatic carboxylic acids is 1. The summed E-state index contributed by atoms with van der Waals surface area (Å²) in [6, 6.07) is 2.17. The Morgan fingerprint density at radius 1 is 0.886 bits per heavy atom. The van der Waals surface area contributed by atoms with E-state index in [-0.39, 0.29) is 6.10 Å². The molecule has 4 aliphatic rings. The SMILES string of the molecule is Cc1c(C)c(C(CN2CCN(c3cc(N4CCCC4)nc(N4CCCC4)n3)CC2)(C(=O)O)N(C)C)c(C)c2c1OC(C)CC2. The Morgan fingerprint density at radius 3 is 2.02 bits per heavy atom. The first kappa shape index (κ1) is 30.9. The molecule has 0 amide bonds. The molecule has 10 nitrogen and oxygen atoms in total. The number of anilines is 3. The van der Waals surface area contributed by atoms with Crippen LogP contribution in [0.15, 0.2) is 6.07 Å². The largest absolute Gasteiger partial charge is 0.490 e. The number of hydrogen-bond acceptors (Lipinski definition) is 9. The number of likely N-dealkylation sites (N-methyl/N-ethyl adjacent to an activating group) is 1. The van der Waals surface area contributed by atoms with Gasteiger partial charge < -0.3 is 24.5 Å². The van der Waals surface area contributed by atoms with E-state index in [9.17, 15) is 9.90 Å². The Labute approximate surface area is 263 Å². The highest BCUT2D eigenvalue weighted by Crippen LogP contribution is 2.43. The Bertz CT molecular complexity index is 1340. The van der Waals surface area contributed by atoms with E-state index in [1.807, 2.05) is 19.0 Å². The van der Waals surface area contributed by atoms with Crippen molar-refractivity contribution in [1.82, 2.24) is 19.8 Å². The van der Waals surface area contributed by atoms with Crippen molar-refractivity contribution in [2.75, 3.05) is 87.7 Å². The lowest BCUT2D eigenvalue weighted by Crippen LogP contribution is -2.59. The molecule has 0 aliphatic carbocycles. The van der Waals surface area contributed by atoms with Crippen LogP contribution in [0, 0.1) is 20.8 Å². The van der Waals surface area contributed by atoms with Crippen LogP contribution in [0.1, 0.15) is 66.8 Å². The molecule has 3 fully saturated rings. The van der Waals surface area contributed by atoms with Gasteiger partial charge in [-0.15, -0.1) is 0 Å². The quantitative estimate of drug-likeness (QED) is 0.477. The van der Waals surface area contributed by atoms with E-state index in [1.54, 1.807) is 0 Å². The number of hydrogen-bond donors (Lipinski definition) is 1. The van der Waals surface area contributed by atoms with E-state index < -0.39 is 11.5 Å². The Balaban J connectivity index is 1.27. The van der Waals surface area contributed by atoms with Crippen LogP contribution >= 0.6 is 0 Å². The molecule has 2 unspecified atom stereocenters. The number of carbonyl (C=O) groups is 1. The first-order valence-electron chi connectivity index (χ1n) is 16.7. The van der Waals surface area contributed by atoms with Gasteiger partial charge in [-0.2, -0.15) is 9.97 Å².